The lowest BCUT2D eigenvalue weighted by Gasteiger charge is -2.21. The van der Waals surface area contributed by atoms with Crippen molar-refractivity contribution in [2.24, 2.45) is 5.92 Å². The van der Waals surface area contributed by atoms with Crippen molar-refractivity contribution in [2.75, 3.05) is 5.32 Å². The molecule has 0 saturated heterocycles. The van der Waals surface area contributed by atoms with E-state index >= 15 is 0 Å². The van der Waals surface area contributed by atoms with Crippen LogP contribution in [0.2, 0.25) is 0 Å². The number of hydrogen-bond acceptors (Lipinski definition) is 7. The molecule has 0 spiro atoms. The highest BCUT2D eigenvalue weighted by molar-refractivity contribution is 7.93. The molecule has 2 atom stereocenters. The minimum absolute atomic E-state index is 0.108. The maximum Gasteiger partial charge on any atom is 0.261 e. The largest absolute Gasteiger partial charge is 0.387 e. The smallest absolute Gasteiger partial charge is 0.261 e. The fourth-order valence-corrected chi connectivity index (χ4v) is 6.21. The van der Waals surface area contributed by atoms with Gasteiger partial charge in [0.2, 0.25) is 0 Å². The summed E-state index contributed by atoms with van der Waals surface area (Å²) in [6.45, 7) is 3.00. The zero-order chi connectivity index (χ0) is 22.8. The molecule has 10 heteroatoms. The van der Waals surface area contributed by atoms with Gasteiger partial charge in [0, 0.05) is 17.4 Å². The van der Waals surface area contributed by atoms with Crippen molar-refractivity contribution < 1.29 is 13.5 Å². The number of sulfone groups is 1. The molecule has 2 aromatic heterocycles. The molecule has 1 aromatic carbocycles. The summed E-state index contributed by atoms with van der Waals surface area (Å²) >= 11 is 0. The number of nitrogens with one attached hydrogen (secondary N) is 2. The Morgan fingerprint density at radius 2 is 2.12 bits per heavy atom. The van der Waals surface area contributed by atoms with Crippen LogP contribution in [-0.2, 0) is 9.84 Å². The number of aromatic amines is 1. The number of fused-ring (bicyclic) bond motifs is 2. The molecular formula is C22H23N5O4S. The number of rotatable bonds is 5. The van der Waals surface area contributed by atoms with Crippen LogP contribution >= 0.6 is 0 Å². The first-order valence-electron chi connectivity index (χ1n) is 10.5. The van der Waals surface area contributed by atoms with Gasteiger partial charge in [-0.05, 0) is 56.9 Å². The van der Waals surface area contributed by atoms with Gasteiger partial charge < -0.3 is 15.4 Å². The Bertz CT molecular complexity index is 1440. The SMILES string of the molecule is CC1(C)[C@@H](O)c2cc(Nc3nn(C(CC#N)C4CC4)c4cc[nH]c(=O)c34)ccc2S1(=O)=O. The molecule has 32 heavy (non-hydrogen) atoms. The highest BCUT2D eigenvalue weighted by Gasteiger charge is 2.51. The molecule has 1 fully saturated rings. The van der Waals surface area contributed by atoms with Crippen LogP contribution < -0.4 is 10.9 Å². The molecule has 2 aliphatic rings. The monoisotopic (exact) mass is 453 g/mol. The minimum atomic E-state index is -3.66. The fraction of sp³-hybridized carbons (Fsp3) is 0.409. The van der Waals surface area contributed by atoms with E-state index in [0.717, 1.165) is 12.8 Å². The molecule has 3 heterocycles. The maximum absolute atomic E-state index is 12.7. The number of pyridine rings is 1. The van der Waals surface area contributed by atoms with E-state index in [1.54, 1.807) is 29.1 Å². The van der Waals surface area contributed by atoms with Gasteiger partial charge in [-0.2, -0.15) is 10.4 Å². The lowest BCUT2D eigenvalue weighted by molar-refractivity contribution is 0.144. The van der Waals surface area contributed by atoms with Crippen molar-refractivity contribution in [1.29, 1.82) is 5.26 Å². The highest BCUT2D eigenvalue weighted by Crippen LogP contribution is 2.47. The van der Waals surface area contributed by atoms with Crippen molar-refractivity contribution in [1.82, 2.24) is 14.8 Å². The summed E-state index contributed by atoms with van der Waals surface area (Å²) in [6.07, 6.45) is 2.73. The van der Waals surface area contributed by atoms with Crippen molar-refractivity contribution in [3.05, 3.63) is 46.4 Å². The summed E-state index contributed by atoms with van der Waals surface area (Å²) in [5.41, 5.74) is 1.15. The molecule has 0 radical (unpaired) electrons. The quantitative estimate of drug-likeness (QED) is 0.539. The normalized spacial score (nSPS) is 21.8. The van der Waals surface area contributed by atoms with Crippen LogP contribution in [0.25, 0.3) is 10.9 Å². The highest BCUT2D eigenvalue weighted by atomic mass is 32.2. The van der Waals surface area contributed by atoms with Gasteiger partial charge >= 0.3 is 0 Å². The van der Waals surface area contributed by atoms with Crippen LogP contribution in [0.4, 0.5) is 11.5 Å². The number of nitrogens with zero attached hydrogens (tertiary/aromatic N) is 3. The number of aliphatic hydroxyl groups excluding tert-OH is 1. The summed E-state index contributed by atoms with van der Waals surface area (Å²) in [6, 6.07) is 8.52. The van der Waals surface area contributed by atoms with Crippen LogP contribution in [0.1, 0.15) is 50.8 Å². The van der Waals surface area contributed by atoms with Crippen LogP contribution in [0, 0.1) is 17.2 Å². The summed E-state index contributed by atoms with van der Waals surface area (Å²) in [5.74, 6) is 0.674. The molecule has 5 rings (SSSR count). The number of hydrogen-bond donors (Lipinski definition) is 3. The number of aliphatic hydroxyl groups is 1. The van der Waals surface area contributed by atoms with E-state index in [1.165, 1.54) is 19.9 Å². The standard InChI is InChI=1S/C22H23N5O4S/c1-22(2)19(28)14-11-13(5-6-17(14)32(22,30)31)25-20-18-16(8-10-24-21(18)29)27(26-20)15(7-9-23)12-3-4-12/h5-6,8,10-12,15,19,28H,3-4,7H2,1-2H3,(H,24,29)(H,25,26)/t15?,19-/m0/s1. The zero-order valence-electron chi connectivity index (χ0n) is 17.7. The predicted octanol–water partition coefficient (Wildman–Crippen LogP) is 2.93. The van der Waals surface area contributed by atoms with Crippen molar-refractivity contribution in [3.8, 4) is 6.07 Å². The van der Waals surface area contributed by atoms with E-state index in [-0.39, 0.29) is 16.5 Å². The van der Waals surface area contributed by atoms with E-state index < -0.39 is 20.7 Å². The Morgan fingerprint density at radius 1 is 1.38 bits per heavy atom. The average Bonchev–Trinajstić information content (AvgIpc) is 3.51. The van der Waals surface area contributed by atoms with Crippen molar-refractivity contribution >= 4 is 32.2 Å². The van der Waals surface area contributed by atoms with Gasteiger partial charge in [0.05, 0.1) is 35.0 Å². The van der Waals surface area contributed by atoms with Crippen molar-refractivity contribution in [3.63, 3.8) is 0 Å². The summed E-state index contributed by atoms with van der Waals surface area (Å²) in [7, 11) is -3.66. The molecule has 1 unspecified atom stereocenters. The molecular weight excluding hydrogens is 430 g/mol. The lowest BCUT2D eigenvalue weighted by atomic mass is 9.98. The Hall–Kier alpha value is -3.16. The third kappa shape index (κ3) is 2.88. The second-order valence-electron chi connectivity index (χ2n) is 9.01. The predicted molar refractivity (Wildman–Crippen MR) is 118 cm³/mol. The molecule has 1 aliphatic heterocycles. The molecule has 0 amide bonds. The third-order valence-corrected chi connectivity index (χ3v) is 9.18. The molecule has 166 valence electrons. The number of aromatic nitrogens is 3. The van der Waals surface area contributed by atoms with Crippen LogP contribution in [0.3, 0.4) is 0 Å². The molecule has 1 aliphatic carbocycles. The van der Waals surface area contributed by atoms with Crippen LogP contribution in [0.5, 0.6) is 0 Å². The number of anilines is 2. The average molecular weight is 454 g/mol. The first-order valence-corrected chi connectivity index (χ1v) is 12.0. The van der Waals surface area contributed by atoms with E-state index in [2.05, 4.69) is 21.5 Å². The summed E-state index contributed by atoms with van der Waals surface area (Å²) < 4.78 is 25.9. The second kappa shape index (κ2) is 6.92. The minimum Gasteiger partial charge on any atom is -0.387 e. The van der Waals surface area contributed by atoms with Gasteiger partial charge in [-0.1, -0.05) is 0 Å². The van der Waals surface area contributed by atoms with Crippen LogP contribution in [0.15, 0.2) is 40.2 Å². The van der Waals surface area contributed by atoms with Crippen LogP contribution in [-0.4, -0.2) is 33.0 Å². The van der Waals surface area contributed by atoms with Crippen molar-refractivity contribution in [2.45, 2.75) is 54.9 Å². The molecule has 3 N–H and O–H groups in total. The Kier molecular flexibility index (Phi) is 4.48. The van der Waals surface area contributed by atoms with E-state index in [1.807, 2.05) is 0 Å². The Balaban J connectivity index is 1.60. The Labute approximate surface area is 184 Å². The molecule has 9 nitrogen and oxygen atoms in total. The van der Waals surface area contributed by atoms with E-state index in [9.17, 15) is 23.6 Å². The van der Waals surface area contributed by atoms with E-state index in [4.69, 9.17) is 0 Å². The van der Waals surface area contributed by atoms with Gasteiger partial charge in [0.15, 0.2) is 15.7 Å². The number of H-pyrrole nitrogens is 1. The molecule has 1 saturated carbocycles. The van der Waals surface area contributed by atoms with Gasteiger partial charge in [0.25, 0.3) is 5.56 Å². The van der Waals surface area contributed by atoms with E-state index in [0.29, 0.717) is 40.3 Å². The fourth-order valence-electron chi connectivity index (χ4n) is 4.49. The first-order chi connectivity index (χ1) is 15.2. The topological polar surface area (TPSA) is 141 Å². The zero-order valence-corrected chi connectivity index (χ0v) is 18.5. The third-order valence-electron chi connectivity index (χ3n) is 6.62. The Morgan fingerprint density at radius 3 is 2.81 bits per heavy atom. The summed E-state index contributed by atoms with van der Waals surface area (Å²) in [5, 5.41) is 28.1. The number of nitriles is 1. The van der Waals surface area contributed by atoms with Gasteiger partial charge in [-0.3, -0.25) is 9.48 Å². The lowest BCUT2D eigenvalue weighted by Crippen LogP contribution is -2.32. The van der Waals surface area contributed by atoms with Gasteiger partial charge in [0.1, 0.15) is 10.1 Å². The van der Waals surface area contributed by atoms with Gasteiger partial charge in [-0.15, -0.1) is 0 Å². The first kappa shape index (κ1) is 20.7. The molecule has 3 aromatic rings. The maximum atomic E-state index is 12.7. The van der Waals surface area contributed by atoms with Gasteiger partial charge in [-0.25, -0.2) is 8.42 Å². The summed E-state index contributed by atoms with van der Waals surface area (Å²) in [4.78, 5) is 15.4. The second-order valence-corrected chi connectivity index (χ2v) is 11.5. The number of benzene rings is 1. The molecule has 0 bridgehead atoms.